The van der Waals surface area contributed by atoms with Crippen LogP contribution in [-0.2, 0) is 9.53 Å². The van der Waals surface area contributed by atoms with Crippen molar-refractivity contribution in [3.05, 3.63) is 29.0 Å². The van der Waals surface area contributed by atoms with Crippen molar-refractivity contribution in [3.8, 4) is 0 Å². The van der Waals surface area contributed by atoms with Gasteiger partial charge in [0.15, 0.2) is 0 Å². The van der Waals surface area contributed by atoms with Crippen LogP contribution in [-0.4, -0.2) is 18.1 Å². The van der Waals surface area contributed by atoms with E-state index >= 15 is 0 Å². The number of nitrogens with two attached hydrogens (primary N) is 1. The molecule has 0 fully saturated rings. The fourth-order valence-electron chi connectivity index (χ4n) is 1.42. The van der Waals surface area contributed by atoms with E-state index in [2.05, 4.69) is 4.98 Å². The van der Waals surface area contributed by atoms with Gasteiger partial charge >= 0.3 is 5.97 Å². The number of methoxy groups -OCH3 is 1. The van der Waals surface area contributed by atoms with Gasteiger partial charge in [-0.1, -0.05) is 11.6 Å². The molecule has 1 rings (SSSR count). The molecule has 0 aliphatic heterocycles. The maximum absolute atomic E-state index is 11.6. The highest BCUT2D eigenvalue weighted by atomic mass is 35.5. The van der Waals surface area contributed by atoms with Crippen molar-refractivity contribution in [1.29, 1.82) is 0 Å². The average Bonchev–Trinajstić information content (AvgIpc) is 2.27. The van der Waals surface area contributed by atoms with Crippen molar-refractivity contribution in [2.75, 3.05) is 7.11 Å². The van der Waals surface area contributed by atoms with Crippen LogP contribution in [0.3, 0.4) is 0 Å². The first kappa shape index (κ1) is 12.9. The molecule has 0 amide bonds. The number of aromatic nitrogens is 1. The van der Waals surface area contributed by atoms with Gasteiger partial charge < -0.3 is 10.5 Å². The molecule has 0 aliphatic carbocycles. The molecule has 1 atom stereocenters. The molecule has 0 spiro atoms. The van der Waals surface area contributed by atoms with Crippen LogP contribution in [0.15, 0.2) is 18.5 Å². The molecule has 5 heteroatoms. The number of hydrogen-bond acceptors (Lipinski definition) is 4. The molecule has 0 saturated heterocycles. The number of esters is 1. The minimum Gasteiger partial charge on any atom is -0.469 e. The minimum atomic E-state index is -0.834. The normalized spacial score (nSPS) is 13.3. The van der Waals surface area contributed by atoms with Crippen molar-refractivity contribution in [1.82, 2.24) is 4.98 Å². The van der Waals surface area contributed by atoms with E-state index in [-0.39, 0.29) is 5.97 Å². The summed E-state index contributed by atoms with van der Waals surface area (Å²) >= 11 is 5.98. The van der Waals surface area contributed by atoms with Crippen LogP contribution in [0.1, 0.15) is 25.5 Å². The fraction of sp³-hybridized carbons (Fsp3) is 0.455. The molecule has 0 unspecified atom stereocenters. The summed E-state index contributed by atoms with van der Waals surface area (Å²) in [5, 5.41) is 0.451. The molecule has 1 heterocycles. The first-order chi connectivity index (χ1) is 7.41. The van der Waals surface area contributed by atoms with Crippen molar-refractivity contribution in [3.63, 3.8) is 0 Å². The molecule has 88 valence electrons. The summed E-state index contributed by atoms with van der Waals surface area (Å²) in [6.45, 7) is 3.44. The third kappa shape index (κ3) is 2.33. The number of carbonyl (C=O) groups is 1. The van der Waals surface area contributed by atoms with Crippen molar-refractivity contribution in [2.45, 2.75) is 19.9 Å². The fourth-order valence-corrected chi connectivity index (χ4v) is 1.65. The second kappa shape index (κ2) is 4.80. The van der Waals surface area contributed by atoms with Crippen LogP contribution in [0, 0.1) is 5.41 Å². The molecule has 0 aromatic carbocycles. The zero-order chi connectivity index (χ0) is 12.3. The predicted molar refractivity (Wildman–Crippen MR) is 62.0 cm³/mol. The lowest BCUT2D eigenvalue weighted by Crippen LogP contribution is -2.37. The number of rotatable bonds is 3. The Morgan fingerprint density at radius 3 is 2.75 bits per heavy atom. The first-order valence-corrected chi connectivity index (χ1v) is 5.22. The quantitative estimate of drug-likeness (QED) is 0.823. The maximum atomic E-state index is 11.6. The Hall–Kier alpha value is -1.13. The van der Waals surface area contributed by atoms with Gasteiger partial charge in [0, 0.05) is 18.4 Å². The van der Waals surface area contributed by atoms with Gasteiger partial charge in [-0.15, -0.1) is 0 Å². The van der Waals surface area contributed by atoms with E-state index in [0.717, 1.165) is 0 Å². The van der Waals surface area contributed by atoms with Crippen molar-refractivity contribution < 1.29 is 9.53 Å². The lowest BCUT2D eigenvalue weighted by Gasteiger charge is -2.29. The molecular formula is C11H15ClN2O2. The largest absolute Gasteiger partial charge is 0.469 e. The van der Waals surface area contributed by atoms with Crippen LogP contribution in [0.25, 0.3) is 0 Å². The average molecular weight is 243 g/mol. The minimum absolute atomic E-state index is 0.368. The van der Waals surface area contributed by atoms with E-state index in [1.54, 1.807) is 26.1 Å². The van der Waals surface area contributed by atoms with E-state index in [4.69, 9.17) is 22.1 Å². The first-order valence-electron chi connectivity index (χ1n) is 4.84. The molecule has 16 heavy (non-hydrogen) atoms. The van der Waals surface area contributed by atoms with Crippen LogP contribution >= 0.6 is 11.6 Å². The van der Waals surface area contributed by atoms with Gasteiger partial charge in [0.25, 0.3) is 0 Å². The summed E-state index contributed by atoms with van der Waals surface area (Å²) in [7, 11) is 1.34. The second-order valence-electron chi connectivity index (χ2n) is 4.09. The molecule has 0 radical (unpaired) electrons. The molecule has 0 saturated carbocycles. The van der Waals surface area contributed by atoms with Crippen LogP contribution < -0.4 is 5.73 Å². The summed E-state index contributed by atoms with van der Waals surface area (Å²) < 4.78 is 4.72. The molecular weight excluding hydrogens is 228 g/mol. The van der Waals surface area contributed by atoms with E-state index in [1.165, 1.54) is 13.3 Å². The molecule has 4 nitrogen and oxygen atoms in total. The van der Waals surface area contributed by atoms with E-state index < -0.39 is 11.5 Å². The van der Waals surface area contributed by atoms with Gasteiger partial charge in [-0.25, -0.2) is 0 Å². The zero-order valence-electron chi connectivity index (χ0n) is 9.53. The number of ether oxygens (including phenoxy) is 1. The highest BCUT2D eigenvalue weighted by molar-refractivity contribution is 6.31. The second-order valence-corrected chi connectivity index (χ2v) is 4.50. The van der Waals surface area contributed by atoms with Crippen molar-refractivity contribution >= 4 is 17.6 Å². The molecule has 1 aromatic heterocycles. The SMILES string of the molecule is COC(=O)C(C)(C)[C@H](N)c1ccncc1Cl. The van der Waals surface area contributed by atoms with E-state index in [9.17, 15) is 4.79 Å². The number of pyridine rings is 1. The highest BCUT2D eigenvalue weighted by Gasteiger charge is 2.37. The Bertz CT molecular complexity index is 393. The van der Waals surface area contributed by atoms with Gasteiger partial charge in [-0.2, -0.15) is 0 Å². The molecule has 1 aromatic rings. The Kier molecular flexibility index (Phi) is 3.88. The third-order valence-electron chi connectivity index (χ3n) is 2.63. The monoisotopic (exact) mass is 242 g/mol. The van der Waals surface area contributed by atoms with Gasteiger partial charge in [0.2, 0.25) is 0 Å². The molecule has 2 N–H and O–H groups in total. The highest BCUT2D eigenvalue weighted by Crippen LogP contribution is 2.35. The number of carbonyl (C=O) groups excluding carboxylic acids is 1. The Morgan fingerprint density at radius 1 is 1.62 bits per heavy atom. The Morgan fingerprint density at radius 2 is 2.25 bits per heavy atom. The maximum Gasteiger partial charge on any atom is 0.313 e. The number of nitrogens with zero attached hydrogens (tertiary/aromatic N) is 1. The third-order valence-corrected chi connectivity index (χ3v) is 2.94. The summed E-state index contributed by atoms with van der Waals surface area (Å²) in [5.74, 6) is -0.368. The van der Waals surface area contributed by atoms with Crippen LogP contribution in [0.4, 0.5) is 0 Å². The Labute approximate surface area is 99.8 Å². The molecule has 0 bridgehead atoms. The van der Waals surface area contributed by atoms with Gasteiger partial charge in [0.05, 0.1) is 17.5 Å². The van der Waals surface area contributed by atoms with Gasteiger partial charge in [0.1, 0.15) is 0 Å². The topological polar surface area (TPSA) is 65.2 Å². The standard InChI is InChI=1S/C11H15ClN2O2/c1-11(2,10(15)16-3)9(13)7-4-5-14-6-8(7)12/h4-6,9H,13H2,1-3H3/t9-/m1/s1. The smallest absolute Gasteiger partial charge is 0.313 e. The lowest BCUT2D eigenvalue weighted by atomic mass is 9.81. The van der Waals surface area contributed by atoms with Crippen LogP contribution in [0.5, 0.6) is 0 Å². The van der Waals surface area contributed by atoms with Crippen LogP contribution in [0.2, 0.25) is 5.02 Å². The number of hydrogen-bond donors (Lipinski definition) is 1. The van der Waals surface area contributed by atoms with E-state index in [0.29, 0.717) is 10.6 Å². The number of halogens is 1. The molecule has 0 aliphatic rings. The van der Waals surface area contributed by atoms with E-state index in [1.807, 2.05) is 0 Å². The summed E-state index contributed by atoms with van der Waals surface area (Å²) in [5.41, 5.74) is 5.89. The Balaban J connectivity index is 3.07. The van der Waals surface area contributed by atoms with Crippen molar-refractivity contribution in [2.24, 2.45) is 11.1 Å². The summed E-state index contributed by atoms with van der Waals surface area (Å²) in [4.78, 5) is 15.5. The summed E-state index contributed by atoms with van der Waals surface area (Å²) in [6.07, 6.45) is 3.10. The van der Waals surface area contributed by atoms with Gasteiger partial charge in [-0.05, 0) is 25.5 Å². The predicted octanol–water partition coefficient (Wildman–Crippen LogP) is 1.93. The lowest BCUT2D eigenvalue weighted by molar-refractivity contribution is -0.152. The summed E-state index contributed by atoms with van der Waals surface area (Å²) in [6, 6.07) is 1.17. The van der Waals surface area contributed by atoms with Gasteiger partial charge in [-0.3, -0.25) is 9.78 Å². The zero-order valence-corrected chi connectivity index (χ0v) is 10.3.